The van der Waals surface area contributed by atoms with E-state index in [1.165, 1.54) is 5.01 Å². The molecule has 8 nitrogen and oxygen atoms in total. The van der Waals surface area contributed by atoms with E-state index in [0.29, 0.717) is 19.4 Å². The topological polar surface area (TPSA) is 100 Å². The van der Waals surface area contributed by atoms with Gasteiger partial charge in [0.2, 0.25) is 10.2 Å². The van der Waals surface area contributed by atoms with E-state index in [4.69, 9.17) is 44.3 Å². The molecule has 1 aliphatic heterocycles. The van der Waals surface area contributed by atoms with Crippen LogP contribution in [0.15, 0.2) is 0 Å². The normalized spacial score (nSPS) is 21.2. The van der Waals surface area contributed by atoms with E-state index in [2.05, 4.69) is 10.7 Å². The van der Waals surface area contributed by atoms with E-state index in [1.54, 1.807) is 27.7 Å². The fourth-order valence-corrected chi connectivity index (χ4v) is 2.42. The monoisotopic (exact) mass is 433 g/mol. The van der Waals surface area contributed by atoms with Gasteiger partial charge in [-0.05, 0) is 40.5 Å². The summed E-state index contributed by atoms with van der Waals surface area (Å²) in [5, 5.41) is 13.8. The molecule has 3 atom stereocenters. The summed E-state index contributed by atoms with van der Waals surface area (Å²) in [5.74, 6) is -0.953. The molecule has 3 unspecified atom stereocenters. The van der Waals surface area contributed by atoms with Crippen LogP contribution in [-0.4, -0.2) is 63.0 Å². The van der Waals surface area contributed by atoms with E-state index < -0.39 is 33.9 Å². The van der Waals surface area contributed by atoms with Gasteiger partial charge in [-0.3, -0.25) is 19.9 Å². The highest BCUT2D eigenvalue weighted by Crippen LogP contribution is 2.26. The second-order valence-electron chi connectivity index (χ2n) is 7.01. The molecule has 1 heterocycles. The quantitative estimate of drug-likeness (QED) is 0.331. The molecule has 1 rings (SSSR count). The molecular formula is C15H26Cl3N3O5. The molecule has 11 heteroatoms. The van der Waals surface area contributed by atoms with Crippen LogP contribution in [0.2, 0.25) is 0 Å². The van der Waals surface area contributed by atoms with Crippen LogP contribution in [0.25, 0.3) is 0 Å². The number of aliphatic hydroxyl groups excluding tert-OH is 1. The number of aliphatic hydroxyl groups is 1. The largest absolute Gasteiger partial charge is 0.460 e. The standard InChI is InChI=1S/C15H26Cl3N3O5/c1-9(19-13(24)26-14(2,3)4)11(22)21-7-5-6-10(20-21)12(23)25-8-15(16,17)18/h9-10,13,19-20,24H,5-8H2,1-4H3. The SMILES string of the molecule is CC(NC(O)OC(C)(C)C)C(=O)N1CCCC(C(=O)OCC(Cl)(Cl)Cl)N1. The molecule has 0 aromatic carbocycles. The molecular weight excluding hydrogens is 409 g/mol. The highest BCUT2D eigenvalue weighted by Gasteiger charge is 2.33. The van der Waals surface area contributed by atoms with Gasteiger partial charge >= 0.3 is 5.97 Å². The predicted molar refractivity (Wildman–Crippen MR) is 98.6 cm³/mol. The summed E-state index contributed by atoms with van der Waals surface area (Å²) in [4.78, 5) is 24.5. The van der Waals surface area contributed by atoms with Gasteiger partial charge in [0.25, 0.3) is 5.91 Å². The van der Waals surface area contributed by atoms with Crippen LogP contribution in [0.3, 0.4) is 0 Å². The average Bonchev–Trinajstić information content (AvgIpc) is 2.49. The number of hydrogen-bond acceptors (Lipinski definition) is 7. The molecule has 0 radical (unpaired) electrons. The van der Waals surface area contributed by atoms with Crippen LogP contribution in [0, 0.1) is 0 Å². The molecule has 1 fully saturated rings. The van der Waals surface area contributed by atoms with Gasteiger partial charge in [-0.2, -0.15) is 0 Å². The minimum Gasteiger partial charge on any atom is -0.460 e. The summed E-state index contributed by atoms with van der Waals surface area (Å²) in [5.41, 5.74) is 2.24. The number of halogens is 3. The van der Waals surface area contributed by atoms with Crippen molar-refractivity contribution in [2.45, 2.75) is 68.4 Å². The maximum atomic E-state index is 12.5. The number of alkyl halides is 3. The summed E-state index contributed by atoms with van der Waals surface area (Å²) < 4.78 is 8.56. The van der Waals surface area contributed by atoms with Crippen molar-refractivity contribution < 1.29 is 24.2 Å². The molecule has 3 N–H and O–H groups in total. The van der Waals surface area contributed by atoms with Gasteiger partial charge in [0.15, 0.2) is 0 Å². The molecule has 0 bridgehead atoms. The predicted octanol–water partition coefficient (Wildman–Crippen LogP) is 1.46. The van der Waals surface area contributed by atoms with Crippen molar-refractivity contribution in [3.05, 3.63) is 0 Å². The van der Waals surface area contributed by atoms with Crippen molar-refractivity contribution in [2.75, 3.05) is 13.2 Å². The lowest BCUT2D eigenvalue weighted by Gasteiger charge is -2.35. The molecule has 1 amide bonds. The van der Waals surface area contributed by atoms with E-state index in [9.17, 15) is 14.7 Å². The first-order chi connectivity index (χ1) is 11.8. The number of amides is 1. The number of hydrazine groups is 1. The summed E-state index contributed by atoms with van der Waals surface area (Å²) in [6.07, 6.45) is -0.219. The van der Waals surface area contributed by atoms with Crippen molar-refractivity contribution in [3.8, 4) is 0 Å². The van der Waals surface area contributed by atoms with Crippen LogP contribution in [0.1, 0.15) is 40.5 Å². The Kier molecular flexibility index (Phi) is 8.86. The Morgan fingerprint density at radius 2 is 1.96 bits per heavy atom. The lowest BCUT2D eigenvalue weighted by atomic mass is 10.1. The minimum absolute atomic E-state index is 0.347. The number of esters is 1. The van der Waals surface area contributed by atoms with E-state index >= 15 is 0 Å². The zero-order chi connectivity index (χ0) is 20.1. The Hall–Kier alpha value is -0.350. The number of rotatable bonds is 6. The fourth-order valence-electron chi connectivity index (χ4n) is 2.26. The first kappa shape index (κ1) is 23.7. The first-order valence-electron chi connectivity index (χ1n) is 8.21. The maximum absolute atomic E-state index is 12.5. The highest BCUT2D eigenvalue weighted by atomic mass is 35.6. The number of nitrogens with zero attached hydrogens (tertiary/aromatic N) is 1. The molecule has 0 aromatic heterocycles. The van der Waals surface area contributed by atoms with Crippen molar-refractivity contribution in [3.63, 3.8) is 0 Å². The van der Waals surface area contributed by atoms with Crippen molar-refractivity contribution in [1.82, 2.24) is 15.8 Å². The lowest BCUT2D eigenvalue weighted by molar-refractivity contribution is -0.188. The number of nitrogens with one attached hydrogen (secondary N) is 2. The minimum atomic E-state index is -1.69. The third-order valence-electron chi connectivity index (χ3n) is 3.34. The van der Waals surface area contributed by atoms with Crippen molar-refractivity contribution >= 4 is 46.7 Å². The third kappa shape index (κ3) is 9.03. The molecule has 152 valence electrons. The Morgan fingerprint density at radius 3 is 2.50 bits per heavy atom. The zero-order valence-electron chi connectivity index (χ0n) is 15.2. The number of carbonyl (C=O) groups excluding carboxylic acids is 2. The third-order valence-corrected chi connectivity index (χ3v) is 3.67. The van der Waals surface area contributed by atoms with Crippen LogP contribution in [0.4, 0.5) is 0 Å². The van der Waals surface area contributed by atoms with Crippen molar-refractivity contribution in [2.24, 2.45) is 0 Å². The second kappa shape index (κ2) is 9.73. The van der Waals surface area contributed by atoms with Gasteiger partial charge in [0, 0.05) is 6.54 Å². The number of carbonyl (C=O) groups is 2. The molecule has 0 saturated carbocycles. The zero-order valence-corrected chi connectivity index (χ0v) is 17.5. The van der Waals surface area contributed by atoms with E-state index in [1.807, 2.05) is 0 Å². The van der Waals surface area contributed by atoms with Crippen LogP contribution >= 0.6 is 34.8 Å². The average molecular weight is 435 g/mol. The highest BCUT2D eigenvalue weighted by molar-refractivity contribution is 6.67. The molecule has 1 saturated heterocycles. The van der Waals surface area contributed by atoms with Gasteiger partial charge in [0.1, 0.15) is 12.6 Å². The van der Waals surface area contributed by atoms with E-state index in [-0.39, 0.29) is 12.5 Å². The Bertz CT molecular complexity index is 496. The van der Waals surface area contributed by atoms with Crippen molar-refractivity contribution in [1.29, 1.82) is 0 Å². The number of hydrogen-bond donors (Lipinski definition) is 3. The summed E-state index contributed by atoms with van der Waals surface area (Å²) in [6, 6.07) is -1.46. The van der Waals surface area contributed by atoms with Crippen LogP contribution in [-0.2, 0) is 19.1 Å². The Morgan fingerprint density at radius 1 is 1.35 bits per heavy atom. The maximum Gasteiger partial charge on any atom is 0.325 e. The fraction of sp³-hybridized carbons (Fsp3) is 0.867. The summed E-state index contributed by atoms with van der Waals surface area (Å²) >= 11 is 16.7. The smallest absolute Gasteiger partial charge is 0.325 e. The molecule has 0 aliphatic carbocycles. The number of ether oxygens (including phenoxy) is 2. The Labute approximate surface area is 168 Å². The van der Waals surface area contributed by atoms with Crippen LogP contribution < -0.4 is 10.7 Å². The first-order valence-corrected chi connectivity index (χ1v) is 9.35. The van der Waals surface area contributed by atoms with Gasteiger partial charge in [-0.25, -0.2) is 5.43 Å². The lowest BCUT2D eigenvalue weighted by Crippen LogP contribution is -2.60. The Balaban J connectivity index is 2.54. The molecule has 0 spiro atoms. The molecule has 26 heavy (non-hydrogen) atoms. The molecule has 0 aromatic rings. The van der Waals surface area contributed by atoms with Gasteiger partial charge in [-0.1, -0.05) is 34.8 Å². The second-order valence-corrected chi connectivity index (χ2v) is 9.52. The van der Waals surface area contributed by atoms with E-state index in [0.717, 1.165) is 0 Å². The molecule has 1 aliphatic rings. The van der Waals surface area contributed by atoms with Gasteiger partial charge in [0.05, 0.1) is 11.6 Å². The summed E-state index contributed by atoms with van der Waals surface area (Å²) in [6.45, 7) is 6.97. The van der Waals surface area contributed by atoms with Crippen LogP contribution in [0.5, 0.6) is 0 Å². The van der Waals surface area contributed by atoms with Gasteiger partial charge < -0.3 is 14.6 Å². The summed E-state index contributed by atoms with van der Waals surface area (Å²) in [7, 11) is 0. The van der Waals surface area contributed by atoms with Gasteiger partial charge in [-0.15, -0.1) is 0 Å².